The summed E-state index contributed by atoms with van der Waals surface area (Å²) in [5.74, 6) is -7.60. The van der Waals surface area contributed by atoms with E-state index in [1.165, 1.54) is 6.07 Å². The fraction of sp³-hybridized carbons (Fsp3) is 0.333. The lowest BCUT2D eigenvalue weighted by Gasteiger charge is -2.29. The van der Waals surface area contributed by atoms with E-state index >= 15 is 0 Å². The molecule has 2 N–H and O–H groups in total. The number of carbonyl (C=O) groups is 2. The Kier molecular flexibility index (Phi) is 14.8. The van der Waals surface area contributed by atoms with Gasteiger partial charge >= 0.3 is 36.8 Å². The number of anilines is 1. The van der Waals surface area contributed by atoms with E-state index in [-0.39, 0.29) is 39.7 Å². The number of nitrogens with one attached hydrogen (secondary N) is 1. The summed E-state index contributed by atoms with van der Waals surface area (Å²) in [5, 5.41) is 19.4. The summed E-state index contributed by atoms with van der Waals surface area (Å²) in [6.45, 7) is 7.77. The highest BCUT2D eigenvalue weighted by Crippen LogP contribution is 2.39. The Morgan fingerprint density at radius 1 is 0.549 bits per heavy atom. The predicted octanol–water partition coefficient (Wildman–Crippen LogP) is 11.5. The molecule has 0 saturated carbocycles. The maximum atomic E-state index is 14.5. The maximum Gasteiger partial charge on any atom is 0.451 e. The first-order valence-corrected chi connectivity index (χ1v) is 19.7. The lowest BCUT2D eigenvalue weighted by Crippen LogP contribution is -2.44. The lowest BCUT2D eigenvalue weighted by molar-refractivity contribution is -0.234. The number of aromatic carboxylic acids is 1. The van der Waals surface area contributed by atoms with E-state index in [1.807, 2.05) is 0 Å². The van der Waals surface area contributed by atoms with Gasteiger partial charge in [0.05, 0.1) is 36.2 Å². The summed E-state index contributed by atoms with van der Waals surface area (Å²) >= 11 is 0. The number of amides is 1. The smallest absolute Gasteiger partial charge is 0.451 e. The van der Waals surface area contributed by atoms with E-state index in [0.717, 1.165) is 85.9 Å². The van der Waals surface area contributed by atoms with Crippen LogP contribution >= 0.6 is 0 Å². The number of alkyl halides is 12. The van der Waals surface area contributed by atoms with Crippen LogP contribution in [0, 0.1) is 11.6 Å². The van der Waals surface area contributed by atoms with Crippen LogP contribution < -0.4 is 14.8 Å². The van der Waals surface area contributed by atoms with Crippen molar-refractivity contribution < 1.29 is 90.4 Å². The van der Waals surface area contributed by atoms with Crippen LogP contribution in [0.15, 0.2) is 73.3 Å². The van der Waals surface area contributed by atoms with Gasteiger partial charge in [0.25, 0.3) is 0 Å². The Labute approximate surface area is 390 Å². The third kappa shape index (κ3) is 13.6. The second-order valence-corrected chi connectivity index (χ2v) is 16.7. The number of benzene rings is 2. The summed E-state index contributed by atoms with van der Waals surface area (Å²) in [4.78, 5) is 36.4. The van der Waals surface area contributed by atoms with Crippen molar-refractivity contribution in [2.24, 2.45) is 0 Å². The molecular formula is C42H35F14N9O6. The zero-order chi connectivity index (χ0) is 53.4. The van der Waals surface area contributed by atoms with Crippen molar-refractivity contribution in [2.75, 3.05) is 5.32 Å². The van der Waals surface area contributed by atoms with Crippen LogP contribution in [-0.2, 0) is 17.1 Å². The Morgan fingerprint density at radius 2 is 0.930 bits per heavy atom. The summed E-state index contributed by atoms with van der Waals surface area (Å²) in [6, 6.07) is 7.45. The number of ether oxygens (including phenoxy) is 3. The fourth-order valence-electron chi connectivity index (χ4n) is 5.54. The SMILES string of the molecule is CC(C)(C)OC(=O)Nc1cc(-c2cc(F)cc(OC(C)(C)C(F)(F)F)c2)n(-c2cnc(C(F)(F)F)nc2)n1.CC(C)(Oc1cc(F)cc(-c2cc(C(=O)O)nn2-c2cnc(C(F)(F)F)nc2)c1)C(F)(F)F. The van der Waals surface area contributed by atoms with Gasteiger partial charge in [-0.2, -0.15) is 57.8 Å². The van der Waals surface area contributed by atoms with Crippen molar-refractivity contribution in [3.8, 4) is 45.4 Å². The molecule has 0 radical (unpaired) electrons. The predicted molar refractivity (Wildman–Crippen MR) is 217 cm³/mol. The molecular weight excluding hydrogens is 992 g/mol. The Balaban J connectivity index is 0.000000267. The number of carboxylic acids is 1. The molecule has 1 amide bonds. The quantitative estimate of drug-likeness (QED) is 0.124. The Morgan fingerprint density at radius 3 is 1.28 bits per heavy atom. The summed E-state index contributed by atoms with van der Waals surface area (Å²) < 4.78 is 202. The minimum Gasteiger partial charge on any atom is -0.478 e. The number of nitrogens with zero attached hydrogens (tertiary/aromatic N) is 8. The van der Waals surface area contributed by atoms with Gasteiger partial charge in [-0.25, -0.2) is 47.7 Å². The molecule has 0 unspecified atom stereocenters. The van der Waals surface area contributed by atoms with Gasteiger partial charge in [-0.05, 0) is 78.8 Å². The Bertz CT molecular complexity index is 2890. The molecule has 2 aromatic carbocycles. The molecule has 0 bridgehead atoms. The first kappa shape index (κ1) is 54.3. The van der Waals surface area contributed by atoms with Crippen molar-refractivity contribution >= 4 is 17.9 Å². The van der Waals surface area contributed by atoms with Crippen LogP contribution in [0.1, 0.15) is 70.6 Å². The van der Waals surface area contributed by atoms with E-state index in [0.29, 0.717) is 18.5 Å². The highest BCUT2D eigenvalue weighted by molar-refractivity contribution is 5.87. The van der Waals surface area contributed by atoms with Crippen molar-refractivity contribution in [1.82, 2.24) is 39.5 Å². The standard InChI is InChI=1S/C23H22F7N5O3.C19H13F7N4O3/c1-20(2,3)38-19(36)33-17-9-16(35(34-17)14-10-31-18(32-11-14)22(25,26)27)12-6-13(24)8-15(7-12)37-21(4,5)23(28,29)30;1-17(2,19(24,25)26)33-12-4-9(3-10(20)5-12)14-6-13(15(31)32)29-30(14)11-7-27-16(28-8-11)18(21,22)23/h6-11H,1-5H3,(H,33,34,36);3-8H,1-2H3,(H,31,32). The second kappa shape index (κ2) is 19.3. The minimum absolute atomic E-state index is 0.0476. The third-order valence-corrected chi connectivity index (χ3v) is 8.98. The number of hydrogen-bond acceptors (Lipinski definition) is 11. The van der Waals surface area contributed by atoms with E-state index in [1.54, 1.807) is 20.8 Å². The highest BCUT2D eigenvalue weighted by Gasteiger charge is 2.51. The summed E-state index contributed by atoms with van der Waals surface area (Å²) in [6.07, 6.45) is -17.2. The van der Waals surface area contributed by atoms with Crippen molar-refractivity contribution in [3.05, 3.63) is 102 Å². The van der Waals surface area contributed by atoms with E-state index < -0.39 is 94.0 Å². The maximum absolute atomic E-state index is 14.5. The molecule has 0 aliphatic heterocycles. The zero-order valence-corrected chi connectivity index (χ0v) is 37.3. The van der Waals surface area contributed by atoms with Gasteiger partial charge in [-0.3, -0.25) is 5.32 Å². The zero-order valence-electron chi connectivity index (χ0n) is 37.3. The minimum atomic E-state index is -4.84. The van der Waals surface area contributed by atoms with Gasteiger partial charge in [0, 0.05) is 29.3 Å². The average Bonchev–Trinajstić information content (AvgIpc) is 3.84. The molecule has 71 heavy (non-hydrogen) atoms. The largest absolute Gasteiger partial charge is 0.478 e. The van der Waals surface area contributed by atoms with E-state index in [4.69, 9.17) is 14.2 Å². The number of carboxylic acid groups (broad SMARTS) is 1. The van der Waals surface area contributed by atoms with Crippen LogP contribution in [0.25, 0.3) is 33.9 Å². The summed E-state index contributed by atoms with van der Waals surface area (Å²) in [7, 11) is 0. The first-order chi connectivity index (χ1) is 32.3. The molecule has 29 heteroatoms. The monoisotopic (exact) mass is 1030 g/mol. The molecule has 4 heterocycles. The Hall–Kier alpha value is -7.62. The van der Waals surface area contributed by atoms with Crippen molar-refractivity contribution in [1.29, 1.82) is 0 Å². The van der Waals surface area contributed by atoms with Crippen molar-refractivity contribution in [2.45, 2.75) is 90.0 Å². The molecule has 6 rings (SSSR count). The molecule has 6 aromatic rings. The first-order valence-electron chi connectivity index (χ1n) is 19.7. The third-order valence-electron chi connectivity index (χ3n) is 8.98. The van der Waals surface area contributed by atoms with Gasteiger partial charge in [0.15, 0.2) is 22.7 Å². The van der Waals surface area contributed by atoms with Gasteiger partial charge in [0.2, 0.25) is 11.6 Å². The van der Waals surface area contributed by atoms with Crippen molar-refractivity contribution in [3.63, 3.8) is 0 Å². The number of carbonyl (C=O) groups excluding carboxylic acids is 1. The molecule has 4 aromatic heterocycles. The topological polar surface area (TPSA) is 181 Å². The molecule has 0 aliphatic carbocycles. The van der Waals surface area contributed by atoms with Crippen LogP contribution in [0.2, 0.25) is 0 Å². The molecule has 382 valence electrons. The summed E-state index contributed by atoms with van der Waals surface area (Å²) in [5.41, 5.74) is -7.64. The average molecular weight is 1030 g/mol. The van der Waals surface area contributed by atoms with Crippen LogP contribution in [-0.4, -0.2) is 85.8 Å². The molecule has 0 spiro atoms. The van der Waals surface area contributed by atoms with Crippen LogP contribution in [0.3, 0.4) is 0 Å². The van der Waals surface area contributed by atoms with E-state index in [2.05, 4.69) is 35.5 Å². The van der Waals surface area contributed by atoms with Gasteiger partial charge in [-0.1, -0.05) is 0 Å². The normalized spacial score (nSPS) is 12.7. The lowest BCUT2D eigenvalue weighted by atomic mass is 10.1. The molecule has 0 atom stereocenters. The molecule has 15 nitrogen and oxygen atoms in total. The number of halogens is 14. The number of rotatable bonds is 10. The second-order valence-electron chi connectivity index (χ2n) is 16.7. The van der Waals surface area contributed by atoms with Gasteiger partial charge < -0.3 is 19.3 Å². The van der Waals surface area contributed by atoms with Crippen LogP contribution in [0.5, 0.6) is 11.5 Å². The molecule has 0 aliphatic rings. The molecule has 0 saturated heterocycles. The van der Waals surface area contributed by atoms with Gasteiger partial charge in [0.1, 0.15) is 40.1 Å². The highest BCUT2D eigenvalue weighted by atomic mass is 19.4. The number of hydrogen-bond donors (Lipinski definition) is 2. The number of aromatic nitrogens is 8. The van der Waals surface area contributed by atoms with Gasteiger partial charge in [-0.15, -0.1) is 5.10 Å². The van der Waals surface area contributed by atoms with Crippen LogP contribution in [0.4, 0.5) is 72.1 Å². The fourth-order valence-corrected chi connectivity index (χ4v) is 5.54. The molecule has 0 fully saturated rings. The van der Waals surface area contributed by atoms with E-state index in [9.17, 15) is 76.2 Å².